The average Bonchev–Trinajstić information content (AvgIpc) is 3.08. The lowest BCUT2D eigenvalue weighted by Gasteiger charge is -2.08. The number of carbonyl (C=O) groups excluding carboxylic acids is 1. The first-order valence-electron chi connectivity index (χ1n) is 4.66. The molecule has 1 unspecified atom stereocenters. The third kappa shape index (κ3) is 2.01. The number of halogens is 3. The largest absolute Gasteiger partial charge is 0.416 e. The molecule has 17 heavy (non-hydrogen) atoms. The third-order valence-electron chi connectivity index (χ3n) is 2.43. The average molecular weight is 241 g/mol. The number of rotatable bonds is 2. The van der Waals surface area contributed by atoms with Gasteiger partial charge in [-0.3, -0.25) is 4.79 Å². The Labute approximate surface area is 94.4 Å². The van der Waals surface area contributed by atoms with Crippen LogP contribution in [0.2, 0.25) is 0 Å². The molecule has 1 saturated heterocycles. The molecule has 6 heteroatoms. The van der Waals surface area contributed by atoms with E-state index >= 15 is 0 Å². The molecule has 1 atom stereocenters. The molecule has 0 bridgehead atoms. The molecule has 1 aromatic rings. The van der Waals surface area contributed by atoms with Gasteiger partial charge in [0.15, 0.2) is 0 Å². The molecule has 0 spiro atoms. The molecule has 1 aliphatic rings. The van der Waals surface area contributed by atoms with Crippen molar-refractivity contribution in [3.63, 3.8) is 0 Å². The summed E-state index contributed by atoms with van der Waals surface area (Å²) in [5.41, 5.74) is -2.67. The van der Waals surface area contributed by atoms with E-state index in [1.54, 1.807) is 6.07 Å². The van der Waals surface area contributed by atoms with Crippen molar-refractivity contribution in [1.82, 2.24) is 0 Å². The molecule has 0 N–H and O–H groups in total. The Hall–Kier alpha value is -1.87. The summed E-state index contributed by atoms with van der Waals surface area (Å²) in [6, 6.07) is 5.61. The predicted octanol–water partition coefficient (Wildman–Crippen LogP) is 2.18. The number of carbonyl (C=O) groups is 1. The number of nitriles is 1. The fourth-order valence-corrected chi connectivity index (χ4v) is 1.39. The van der Waals surface area contributed by atoms with Crippen LogP contribution in [0.3, 0.4) is 0 Å². The van der Waals surface area contributed by atoms with Crippen molar-refractivity contribution in [3.8, 4) is 6.07 Å². The lowest BCUT2D eigenvalue weighted by Crippen LogP contribution is -2.23. The molecule has 1 aromatic carbocycles. The Kier molecular flexibility index (Phi) is 2.44. The maximum absolute atomic E-state index is 12.4. The SMILES string of the molecule is N#CC1(C(=O)c2cccc(C(F)(F)F)c2)CO1. The topological polar surface area (TPSA) is 53.4 Å². The fourth-order valence-electron chi connectivity index (χ4n) is 1.39. The van der Waals surface area contributed by atoms with Crippen molar-refractivity contribution >= 4 is 5.78 Å². The van der Waals surface area contributed by atoms with Gasteiger partial charge in [-0.1, -0.05) is 12.1 Å². The number of Topliss-reactive ketones (excluding diaryl/α,β-unsaturated/α-hetero) is 1. The maximum atomic E-state index is 12.4. The van der Waals surface area contributed by atoms with Gasteiger partial charge < -0.3 is 4.74 Å². The van der Waals surface area contributed by atoms with Gasteiger partial charge in [-0.2, -0.15) is 18.4 Å². The van der Waals surface area contributed by atoms with Crippen LogP contribution in [0.1, 0.15) is 15.9 Å². The zero-order valence-electron chi connectivity index (χ0n) is 8.41. The number of epoxide rings is 1. The van der Waals surface area contributed by atoms with E-state index in [2.05, 4.69) is 0 Å². The summed E-state index contributed by atoms with van der Waals surface area (Å²) in [5.74, 6) is -0.730. The molecule has 0 amide bonds. The normalized spacial score (nSPS) is 22.9. The van der Waals surface area contributed by atoms with Gasteiger partial charge in [0.05, 0.1) is 12.2 Å². The lowest BCUT2D eigenvalue weighted by molar-refractivity contribution is -0.137. The maximum Gasteiger partial charge on any atom is 0.416 e. The summed E-state index contributed by atoms with van der Waals surface area (Å²) in [5, 5.41) is 8.70. The fraction of sp³-hybridized carbons (Fsp3) is 0.273. The first kappa shape index (κ1) is 11.6. The van der Waals surface area contributed by atoms with E-state index in [0.29, 0.717) is 0 Å². The van der Waals surface area contributed by atoms with Crippen molar-refractivity contribution in [2.75, 3.05) is 6.61 Å². The number of ether oxygens (including phenoxy) is 1. The van der Waals surface area contributed by atoms with Crippen LogP contribution in [-0.2, 0) is 10.9 Å². The van der Waals surface area contributed by atoms with E-state index in [4.69, 9.17) is 10.00 Å². The van der Waals surface area contributed by atoms with E-state index in [9.17, 15) is 18.0 Å². The minimum absolute atomic E-state index is 0.0709. The summed E-state index contributed by atoms with van der Waals surface area (Å²) in [7, 11) is 0. The summed E-state index contributed by atoms with van der Waals surface area (Å²) in [6.45, 7) is -0.0709. The molecule has 0 saturated carbocycles. The van der Waals surface area contributed by atoms with Gasteiger partial charge in [-0.05, 0) is 12.1 Å². The number of hydrogen-bond donors (Lipinski definition) is 0. The van der Waals surface area contributed by atoms with E-state index in [-0.39, 0.29) is 12.2 Å². The van der Waals surface area contributed by atoms with Crippen LogP contribution in [0.15, 0.2) is 24.3 Å². The first-order chi connectivity index (χ1) is 7.89. The minimum atomic E-state index is -4.51. The van der Waals surface area contributed by atoms with Crippen LogP contribution < -0.4 is 0 Å². The van der Waals surface area contributed by atoms with E-state index in [1.165, 1.54) is 6.07 Å². The monoisotopic (exact) mass is 241 g/mol. The standard InChI is InChI=1S/C11H6F3NO2/c12-11(13,14)8-3-1-2-7(4-8)9(16)10(5-15)6-17-10/h1-4H,6H2. The Balaban J connectivity index is 2.35. The smallest absolute Gasteiger partial charge is 0.347 e. The van der Waals surface area contributed by atoms with Gasteiger partial charge in [0, 0.05) is 5.56 Å². The van der Waals surface area contributed by atoms with Crippen molar-refractivity contribution in [1.29, 1.82) is 5.26 Å². The van der Waals surface area contributed by atoms with E-state index < -0.39 is 23.1 Å². The molecular weight excluding hydrogens is 235 g/mol. The summed E-state index contributed by atoms with van der Waals surface area (Å²) in [4.78, 5) is 11.7. The molecule has 0 aliphatic carbocycles. The quantitative estimate of drug-likeness (QED) is 0.589. The predicted molar refractivity (Wildman–Crippen MR) is 50.1 cm³/mol. The van der Waals surface area contributed by atoms with Gasteiger partial charge in [0.25, 0.3) is 0 Å². The summed E-state index contributed by atoms with van der Waals surface area (Å²) < 4.78 is 41.9. The Morgan fingerprint density at radius 3 is 2.59 bits per heavy atom. The zero-order chi connectivity index (χ0) is 12.7. The van der Waals surface area contributed by atoms with Crippen LogP contribution in [0, 0.1) is 11.3 Å². The zero-order valence-corrected chi connectivity index (χ0v) is 8.41. The highest BCUT2D eigenvalue weighted by molar-refractivity contribution is 6.06. The van der Waals surface area contributed by atoms with E-state index in [0.717, 1.165) is 18.2 Å². The first-order valence-corrected chi connectivity index (χ1v) is 4.66. The van der Waals surface area contributed by atoms with Crippen LogP contribution in [-0.4, -0.2) is 18.0 Å². The number of alkyl halides is 3. The van der Waals surface area contributed by atoms with Gasteiger partial charge in [0.2, 0.25) is 11.4 Å². The molecule has 0 radical (unpaired) electrons. The van der Waals surface area contributed by atoms with Crippen molar-refractivity contribution in [2.24, 2.45) is 0 Å². The van der Waals surface area contributed by atoms with Crippen LogP contribution >= 0.6 is 0 Å². The lowest BCUT2D eigenvalue weighted by atomic mass is 9.98. The number of hydrogen-bond acceptors (Lipinski definition) is 3. The highest BCUT2D eigenvalue weighted by Gasteiger charge is 2.53. The number of benzene rings is 1. The van der Waals surface area contributed by atoms with Crippen LogP contribution in [0.4, 0.5) is 13.2 Å². The molecular formula is C11H6F3NO2. The summed E-state index contributed by atoms with van der Waals surface area (Å²) >= 11 is 0. The van der Waals surface area contributed by atoms with Crippen molar-refractivity contribution in [3.05, 3.63) is 35.4 Å². The minimum Gasteiger partial charge on any atom is -0.347 e. The molecule has 1 heterocycles. The van der Waals surface area contributed by atoms with Gasteiger partial charge in [0.1, 0.15) is 6.07 Å². The third-order valence-corrected chi connectivity index (χ3v) is 2.43. The molecule has 2 rings (SSSR count). The molecule has 88 valence electrons. The van der Waals surface area contributed by atoms with Crippen LogP contribution in [0.25, 0.3) is 0 Å². The van der Waals surface area contributed by atoms with E-state index in [1.807, 2.05) is 0 Å². The molecule has 1 aliphatic heterocycles. The number of ketones is 1. The second-order valence-corrected chi connectivity index (χ2v) is 3.64. The molecule has 0 aromatic heterocycles. The molecule has 1 fully saturated rings. The Bertz CT molecular complexity index is 512. The van der Waals surface area contributed by atoms with Gasteiger partial charge in [-0.25, -0.2) is 0 Å². The van der Waals surface area contributed by atoms with Gasteiger partial charge in [-0.15, -0.1) is 0 Å². The highest BCUT2D eigenvalue weighted by atomic mass is 19.4. The summed E-state index contributed by atoms with van der Waals surface area (Å²) in [6.07, 6.45) is -4.51. The Morgan fingerprint density at radius 1 is 1.47 bits per heavy atom. The second kappa shape index (κ2) is 3.57. The second-order valence-electron chi connectivity index (χ2n) is 3.64. The number of nitrogens with zero attached hydrogens (tertiary/aromatic N) is 1. The van der Waals surface area contributed by atoms with Crippen LogP contribution in [0.5, 0.6) is 0 Å². The van der Waals surface area contributed by atoms with Gasteiger partial charge >= 0.3 is 6.18 Å². The van der Waals surface area contributed by atoms with Crippen molar-refractivity contribution < 1.29 is 22.7 Å². The highest BCUT2D eigenvalue weighted by Crippen LogP contribution is 2.33. The molecule has 3 nitrogen and oxygen atoms in total. The Morgan fingerprint density at radius 2 is 2.12 bits per heavy atom. The van der Waals surface area contributed by atoms with Crippen molar-refractivity contribution in [2.45, 2.75) is 11.8 Å².